The molecule has 0 aromatic heterocycles. The monoisotopic (exact) mass is 365 g/mol. The lowest BCUT2D eigenvalue weighted by Gasteiger charge is -2.29. The zero-order valence-corrected chi connectivity index (χ0v) is 13.9. The van der Waals surface area contributed by atoms with Gasteiger partial charge in [-0.1, -0.05) is 18.0 Å². The van der Waals surface area contributed by atoms with Crippen molar-refractivity contribution in [2.75, 3.05) is 11.6 Å². The molecule has 2 unspecified atom stereocenters. The Labute approximate surface area is 127 Å². The Morgan fingerprint density at radius 1 is 1.37 bits per heavy atom. The van der Waals surface area contributed by atoms with E-state index < -0.39 is 9.84 Å². The highest BCUT2D eigenvalue weighted by atomic mass is 79.9. The van der Waals surface area contributed by atoms with Crippen molar-refractivity contribution in [3.63, 3.8) is 0 Å². The van der Waals surface area contributed by atoms with E-state index in [9.17, 15) is 8.42 Å². The highest BCUT2D eigenvalue weighted by Crippen LogP contribution is 2.30. The third-order valence-corrected chi connectivity index (χ3v) is 6.05. The van der Waals surface area contributed by atoms with Crippen LogP contribution in [0.15, 0.2) is 22.7 Å². The maximum atomic E-state index is 11.6. The van der Waals surface area contributed by atoms with Crippen LogP contribution in [0.5, 0.6) is 0 Å². The van der Waals surface area contributed by atoms with Gasteiger partial charge in [0, 0.05) is 27.5 Å². The Hall–Kier alpha value is -0.260. The Kier molecular flexibility index (Phi) is 4.79. The summed E-state index contributed by atoms with van der Waals surface area (Å²) in [7, 11) is -2.94. The molecule has 1 aliphatic rings. The van der Waals surface area contributed by atoms with Crippen molar-refractivity contribution < 1.29 is 8.42 Å². The molecule has 1 N–H and O–H groups in total. The maximum absolute atomic E-state index is 11.6. The third-order valence-electron chi connectivity index (χ3n) is 3.52. The van der Waals surface area contributed by atoms with Gasteiger partial charge in [0.1, 0.15) is 9.84 Å². The van der Waals surface area contributed by atoms with Crippen LogP contribution in [-0.4, -0.2) is 26.0 Å². The SMILES string of the molecule is CS(=O)(=O)C1CCCC(Nc2ccc(Cl)cc2Br)C1. The van der Waals surface area contributed by atoms with E-state index in [-0.39, 0.29) is 11.3 Å². The predicted octanol–water partition coefficient (Wildman–Crippen LogP) is 3.87. The van der Waals surface area contributed by atoms with Gasteiger partial charge in [0.25, 0.3) is 0 Å². The maximum Gasteiger partial charge on any atom is 0.150 e. The lowest BCUT2D eigenvalue weighted by Crippen LogP contribution is -2.34. The van der Waals surface area contributed by atoms with Crippen molar-refractivity contribution in [2.45, 2.75) is 37.0 Å². The first-order valence-electron chi connectivity index (χ1n) is 6.26. The minimum absolute atomic E-state index is 0.200. The van der Waals surface area contributed by atoms with E-state index in [1.54, 1.807) is 0 Å². The minimum atomic E-state index is -2.94. The Morgan fingerprint density at radius 3 is 2.74 bits per heavy atom. The molecule has 0 amide bonds. The summed E-state index contributed by atoms with van der Waals surface area (Å²) in [6.45, 7) is 0. The summed E-state index contributed by atoms with van der Waals surface area (Å²) in [5.41, 5.74) is 0.962. The van der Waals surface area contributed by atoms with Gasteiger partial charge in [-0.15, -0.1) is 0 Å². The molecular weight excluding hydrogens is 350 g/mol. The van der Waals surface area contributed by atoms with E-state index in [1.165, 1.54) is 6.26 Å². The van der Waals surface area contributed by atoms with E-state index in [0.29, 0.717) is 11.4 Å². The van der Waals surface area contributed by atoms with E-state index in [2.05, 4.69) is 21.2 Å². The normalized spacial score (nSPS) is 24.2. The summed E-state index contributed by atoms with van der Waals surface area (Å²) in [5.74, 6) is 0. The molecule has 3 nitrogen and oxygen atoms in total. The highest BCUT2D eigenvalue weighted by molar-refractivity contribution is 9.10. The Balaban J connectivity index is 2.07. The van der Waals surface area contributed by atoms with Crippen LogP contribution in [0.4, 0.5) is 5.69 Å². The lowest BCUT2D eigenvalue weighted by molar-refractivity contribution is 0.453. The second-order valence-corrected chi connectivity index (χ2v) is 8.70. The molecule has 1 saturated carbocycles. The van der Waals surface area contributed by atoms with Gasteiger partial charge < -0.3 is 5.32 Å². The molecule has 0 radical (unpaired) electrons. The topological polar surface area (TPSA) is 46.2 Å². The first kappa shape index (κ1) is 15.1. The number of anilines is 1. The second kappa shape index (κ2) is 6.02. The number of nitrogens with one attached hydrogen (secondary N) is 1. The molecule has 6 heteroatoms. The van der Waals surface area contributed by atoms with E-state index in [0.717, 1.165) is 29.4 Å². The fourth-order valence-corrected chi connectivity index (χ4v) is 4.47. The first-order valence-corrected chi connectivity index (χ1v) is 9.39. The van der Waals surface area contributed by atoms with Gasteiger partial charge >= 0.3 is 0 Å². The standard InChI is InChI=1S/C13H17BrClNO2S/c1-19(17,18)11-4-2-3-10(8-11)16-13-6-5-9(15)7-12(13)14/h5-7,10-11,16H,2-4,8H2,1H3. The largest absolute Gasteiger partial charge is 0.381 e. The molecule has 0 bridgehead atoms. The lowest BCUT2D eigenvalue weighted by atomic mass is 9.95. The fraction of sp³-hybridized carbons (Fsp3) is 0.538. The van der Waals surface area contributed by atoms with Crippen molar-refractivity contribution in [3.8, 4) is 0 Å². The van der Waals surface area contributed by atoms with Crippen LogP contribution in [0, 0.1) is 0 Å². The number of sulfone groups is 1. The quantitative estimate of drug-likeness (QED) is 0.883. The predicted molar refractivity (Wildman–Crippen MR) is 83.7 cm³/mol. The fourth-order valence-electron chi connectivity index (χ4n) is 2.49. The number of hydrogen-bond acceptors (Lipinski definition) is 3. The van der Waals surface area contributed by atoms with E-state index in [4.69, 9.17) is 11.6 Å². The molecular formula is C13H17BrClNO2S. The molecule has 0 spiro atoms. The highest BCUT2D eigenvalue weighted by Gasteiger charge is 2.28. The third kappa shape index (κ3) is 4.10. The molecule has 1 fully saturated rings. The van der Waals surface area contributed by atoms with Crippen molar-refractivity contribution >= 4 is 43.1 Å². The number of rotatable bonds is 3. The smallest absolute Gasteiger partial charge is 0.150 e. The molecule has 0 heterocycles. The summed E-state index contributed by atoms with van der Waals surface area (Å²) < 4.78 is 24.2. The molecule has 0 aliphatic heterocycles. The zero-order valence-electron chi connectivity index (χ0n) is 10.7. The van der Waals surface area contributed by atoms with Crippen LogP contribution in [0.1, 0.15) is 25.7 Å². The molecule has 2 atom stereocenters. The van der Waals surface area contributed by atoms with Gasteiger partial charge in [-0.3, -0.25) is 0 Å². The Bertz CT molecular complexity index is 562. The first-order chi connectivity index (χ1) is 8.86. The molecule has 2 rings (SSSR count). The minimum Gasteiger partial charge on any atom is -0.381 e. The molecule has 1 aromatic carbocycles. The summed E-state index contributed by atoms with van der Waals surface area (Å²) in [6.07, 6.45) is 4.73. The van der Waals surface area contributed by atoms with Crippen molar-refractivity contribution in [2.24, 2.45) is 0 Å². The van der Waals surface area contributed by atoms with Crippen LogP contribution >= 0.6 is 27.5 Å². The van der Waals surface area contributed by atoms with Crippen LogP contribution in [0.25, 0.3) is 0 Å². The van der Waals surface area contributed by atoms with Crippen molar-refractivity contribution in [1.82, 2.24) is 0 Å². The average Bonchev–Trinajstić information content (AvgIpc) is 2.32. The Morgan fingerprint density at radius 2 is 2.11 bits per heavy atom. The van der Waals surface area contributed by atoms with Crippen LogP contribution < -0.4 is 5.32 Å². The molecule has 106 valence electrons. The van der Waals surface area contributed by atoms with Gasteiger partial charge in [-0.2, -0.15) is 0 Å². The van der Waals surface area contributed by atoms with Gasteiger partial charge in [-0.25, -0.2) is 8.42 Å². The van der Waals surface area contributed by atoms with Crippen LogP contribution in [0.3, 0.4) is 0 Å². The van der Waals surface area contributed by atoms with Crippen LogP contribution in [0.2, 0.25) is 5.02 Å². The summed E-state index contributed by atoms with van der Waals surface area (Å²) in [5, 5.41) is 3.87. The van der Waals surface area contributed by atoms with Gasteiger partial charge in [-0.05, 0) is 53.4 Å². The summed E-state index contributed by atoms with van der Waals surface area (Å²) in [6, 6.07) is 5.77. The van der Waals surface area contributed by atoms with Gasteiger partial charge in [0.2, 0.25) is 0 Å². The number of benzene rings is 1. The average molecular weight is 367 g/mol. The van der Waals surface area contributed by atoms with Gasteiger partial charge in [0.05, 0.1) is 5.25 Å². The molecule has 0 saturated heterocycles. The summed E-state index contributed by atoms with van der Waals surface area (Å²) >= 11 is 9.37. The molecule has 1 aliphatic carbocycles. The van der Waals surface area contributed by atoms with E-state index in [1.807, 2.05) is 18.2 Å². The van der Waals surface area contributed by atoms with Gasteiger partial charge in [0.15, 0.2) is 0 Å². The second-order valence-electron chi connectivity index (χ2n) is 5.08. The number of halogens is 2. The van der Waals surface area contributed by atoms with Crippen molar-refractivity contribution in [3.05, 3.63) is 27.7 Å². The van der Waals surface area contributed by atoms with Crippen molar-refractivity contribution in [1.29, 1.82) is 0 Å². The summed E-state index contributed by atoms with van der Waals surface area (Å²) in [4.78, 5) is 0. The van der Waals surface area contributed by atoms with E-state index >= 15 is 0 Å². The number of hydrogen-bond donors (Lipinski definition) is 1. The molecule has 1 aromatic rings. The zero-order chi connectivity index (χ0) is 14.0. The molecule has 19 heavy (non-hydrogen) atoms. The van der Waals surface area contributed by atoms with Crippen LogP contribution in [-0.2, 0) is 9.84 Å².